The summed E-state index contributed by atoms with van der Waals surface area (Å²) in [4.78, 5) is 10.7. The predicted molar refractivity (Wildman–Crippen MR) is 60.8 cm³/mol. The Bertz CT molecular complexity index is 204. The third kappa shape index (κ3) is 4.20. The van der Waals surface area contributed by atoms with Gasteiger partial charge in [-0.3, -0.25) is 4.79 Å². The monoisotopic (exact) mass is 213 g/mol. The topological polar surface area (TPSA) is 49.3 Å². The molecule has 15 heavy (non-hydrogen) atoms. The molecule has 1 saturated carbocycles. The molecule has 0 aliphatic heterocycles. The van der Waals surface area contributed by atoms with Gasteiger partial charge in [-0.05, 0) is 31.7 Å². The van der Waals surface area contributed by atoms with Gasteiger partial charge in [-0.2, -0.15) is 0 Å². The minimum atomic E-state index is -0.638. The highest BCUT2D eigenvalue weighted by atomic mass is 16.4. The molecule has 0 aromatic rings. The second kappa shape index (κ2) is 6.11. The summed E-state index contributed by atoms with van der Waals surface area (Å²) >= 11 is 0. The number of carboxylic acid groups (broad SMARTS) is 1. The highest BCUT2D eigenvalue weighted by molar-refractivity contribution is 5.72. The van der Waals surface area contributed by atoms with Crippen molar-refractivity contribution in [3.8, 4) is 0 Å². The highest BCUT2D eigenvalue weighted by Gasteiger charge is 2.35. The second-order valence-electron chi connectivity index (χ2n) is 4.97. The van der Waals surface area contributed by atoms with E-state index in [-0.39, 0.29) is 12.0 Å². The van der Waals surface area contributed by atoms with Crippen molar-refractivity contribution >= 4 is 5.97 Å². The van der Waals surface area contributed by atoms with Crippen LogP contribution >= 0.6 is 0 Å². The molecule has 0 spiro atoms. The average molecular weight is 213 g/mol. The summed E-state index contributed by atoms with van der Waals surface area (Å²) < 4.78 is 0. The van der Waals surface area contributed by atoms with Gasteiger partial charge in [0.05, 0.1) is 5.92 Å². The quantitative estimate of drug-likeness (QED) is 0.638. The Kier molecular flexibility index (Phi) is 5.09. The van der Waals surface area contributed by atoms with Gasteiger partial charge in [0.25, 0.3) is 0 Å². The standard InChI is InChI=1S/C12H23NO2/c1-9(2)5-3-4-8-13-11-7-6-10(11)12(14)15/h9-11,13H,3-8H2,1-2H3,(H,14,15). The van der Waals surface area contributed by atoms with Crippen LogP contribution < -0.4 is 5.32 Å². The number of unbranched alkanes of at least 4 members (excludes halogenated alkanes) is 1. The highest BCUT2D eigenvalue weighted by Crippen LogP contribution is 2.27. The van der Waals surface area contributed by atoms with Crippen molar-refractivity contribution in [2.75, 3.05) is 6.54 Å². The average Bonchev–Trinajstić information content (AvgIpc) is 2.07. The molecule has 0 aromatic carbocycles. The maximum absolute atomic E-state index is 10.7. The van der Waals surface area contributed by atoms with Crippen molar-refractivity contribution < 1.29 is 9.90 Å². The SMILES string of the molecule is CC(C)CCCCNC1CCC1C(=O)O. The van der Waals surface area contributed by atoms with E-state index in [1.807, 2.05) is 0 Å². The van der Waals surface area contributed by atoms with Gasteiger partial charge in [0.15, 0.2) is 0 Å². The van der Waals surface area contributed by atoms with Crippen LogP contribution in [0.2, 0.25) is 0 Å². The number of hydrogen-bond acceptors (Lipinski definition) is 2. The van der Waals surface area contributed by atoms with E-state index in [1.165, 1.54) is 19.3 Å². The summed E-state index contributed by atoms with van der Waals surface area (Å²) in [5.41, 5.74) is 0. The molecule has 1 fully saturated rings. The zero-order chi connectivity index (χ0) is 11.3. The molecule has 3 heteroatoms. The lowest BCUT2D eigenvalue weighted by Gasteiger charge is -2.34. The Morgan fingerprint density at radius 3 is 2.60 bits per heavy atom. The molecule has 1 aliphatic rings. The van der Waals surface area contributed by atoms with Gasteiger partial charge in [-0.15, -0.1) is 0 Å². The maximum atomic E-state index is 10.7. The Morgan fingerprint density at radius 2 is 2.13 bits per heavy atom. The first-order valence-corrected chi connectivity index (χ1v) is 6.07. The van der Waals surface area contributed by atoms with E-state index >= 15 is 0 Å². The van der Waals surface area contributed by atoms with Crippen molar-refractivity contribution in [1.82, 2.24) is 5.32 Å². The second-order valence-corrected chi connectivity index (χ2v) is 4.97. The zero-order valence-electron chi connectivity index (χ0n) is 9.83. The maximum Gasteiger partial charge on any atom is 0.308 e. The van der Waals surface area contributed by atoms with Crippen molar-refractivity contribution in [3.63, 3.8) is 0 Å². The van der Waals surface area contributed by atoms with E-state index in [1.54, 1.807) is 0 Å². The molecule has 0 aromatic heterocycles. The van der Waals surface area contributed by atoms with Crippen LogP contribution in [0.5, 0.6) is 0 Å². The summed E-state index contributed by atoms with van der Waals surface area (Å²) in [6.45, 7) is 5.45. The molecule has 2 atom stereocenters. The van der Waals surface area contributed by atoms with E-state index in [0.717, 1.165) is 25.3 Å². The van der Waals surface area contributed by atoms with E-state index in [4.69, 9.17) is 5.11 Å². The van der Waals surface area contributed by atoms with Crippen LogP contribution in [0.4, 0.5) is 0 Å². The smallest absolute Gasteiger partial charge is 0.308 e. The van der Waals surface area contributed by atoms with Crippen LogP contribution in [-0.4, -0.2) is 23.7 Å². The number of hydrogen-bond donors (Lipinski definition) is 2. The van der Waals surface area contributed by atoms with Gasteiger partial charge in [0.1, 0.15) is 0 Å². The number of aliphatic carboxylic acids is 1. The summed E-state index contributed by atoms with van der Waals surface area (Å²) in [7, 11) is 0. The first kappa shape index (κ1) is 12.5. The van der Waals surface area contributed by atoms with E-state index in [0.29, 0.717) is 0 Å². The van der Waals surface area contributed by atoms with Gasteiger partial charge in [0.2, 0.25) is 0 Å². The molecule has 3 nitrogen and oxygen atoms in total. The minimum Gasteiger partial charge on any atom is -0.481 e. The fourth-order valence-corrected chi connectivity index (χ4v) is 2.00. The van der Waals surface area contributed by atoms with Crippen LogP contribution in [0.1, 0.15) is 46.0 Å². The summed E-state index contributed by atoms with van der Waals surface area (Å²) in [6, 6.07) is 0.238. The van der Waals surface area contributed by atoms with Gasteiger partial charge < -0.3 is 10.4 Å². The minimum absolute atomic E-state index is 0.130. The molecule has 1 rings (SSSR count). The Balaban J connectivity index is 1.99. The number of carboxylic acids is 1. The van der Waals surface area contributed by atoms with Crippen LogP contribution in [0.25, 0.3) is 0 Å². The molecule has 0 bridgehead atoms. The molecular formula is C12H23NO2. The number of rotatable bonds is 7. The summed E-state index contributed by atoms with van der Waals surface area (Å²) in [6.07, 6.45) is 5.56. The predicted octanol–water partition coefficient (Wildman–Crippen LogP) is 2.27. The lowest BCUT2D eigenvalue weighted by Crippen LogP contribution is -2.47. The molecular weight excluding hydrogens is 190 g/mol. The van der Waals surface area contributed by atoms with Crippen LogP contribution in [-0.2, 0) is 4.79 Å². The van der Waals surface area contributed by atoms with Gasteiger partial charge in [-0.1, -0.05) is 26.7 Å². The Labute approximate surface area is 92.3 Å². The Morgan fingerprint density at radius 1 is 1.40 bits per heavy atom. The normalized spacial score (nSPS) is 25.3. The first-order valence-electron chi connectivity index (χ1n) is 6.07. The molecule has 1 aliphatic carbocycles. The fourth-order valence-electron chi connectivity index (χ4n) is 2.00. The van der Waals surface area contributed by atoms with Gasteiger partial charge >= 0.3 is 5.97 Å². The largest absolute Gasteiger partial charge is 0.481 e. The number of nitrogens with one attached hydrogen (secondary N) is 1. The third-order valence-electron chi connectivity index (χ3n) is 3.21. The van der Waals surface area contributed by atoms with Crippen molar-refractivity contribution in [3.05, 3.63) is 0 Å². The van der Waals surface area contributed by atoms with E-state index in [9.17, 15) is 4.79 Å². The molecule has 2 unspecified atom stereocenters. The van der Waals surface area contributed by atoms with Gasteiger partial charge in [0, 0.05) is 6.04 Å². The van der Waals surface area contributed by atoms with Crippen LogP contribution in [0, 0.1) is 11.8 Å². The third-order valence-corrected chi connectivity index (χ3v) is 3.21. The first-order chi connectivity index (χ1) is 7.11. The molecule has 2 N–H and O–H groups in total. The lowest BCUT2D eigenvalue weighted by atomic mass is 9.79. The van der Waals surface area contributed by atoms with Crippen molar-refractivity contribution in [2.45, 2.75) is 52.0 Å². The zero-order valence-corrected chi connectivity index (χ0v) is 9.83. The van der Waals surface area contributed by atoms with Crippen molar-refractivity contribution in [1.29, 1.82) is 0 Å². The van der Waals surface area contributed by atoms with Gasteiger partial charge in [-0.25, -0.2) is 0 Å². The van der Waals surface area contributed by atoms with E-state index in [2.05, 4.69) is 19.2 Å². The van der Waals surface area contributed by atoms with E-state index < -0.39 is 5.97 Å². The van der Waals surface area contributed by atoms with Crippen LogP contribution in [0.3, 0.4) is 0 Å². The fraction of sp³-hybridized carbons (Fsp3) is 0.917. The lowest BCUT2D eigenvalue weighted by molar-refractivity contribution is -0.146. The molecule has 0 saturated heterocycles. The molecule has 0 amide bonds. The van der Waals surface area contributed by atoms with Crippen molar-refractivity contribution in [2.24, 2.45) is 11.8 Å². The summed E-state index contributed by atoms with van der Waals surface area (Å²) in [5.74, 6) is 0.0106. The molecule has 0 radical (unpaired) electrons. The van der Waals surface area contributed by atoms with Crippen LogP contribution in [0.15, 0.2) is 0 Å². The summed E-state index contributed by atoms with van der Waals surface area (Å²) in [5, 5.41) is 12.2. The number of carbonyl (C=O) groups is 1. The molecule has 88 valence electrons. The molecule has 0 heterocycles. The Hall–Kier alpha value is -0.570.